The number of nitro benzene ring substituents is 1. The summed E-state index contributed by atoms with van der Waals surface area (Å²) in [6, 6.07) is 4.89. The SMILES string of the molecule is CNCc1ccc(OCc2ncnn2C)c([N+](=O)[O-])c1. The van der Waals surface area contributed by atoms with E-state index < -0.39 is 4.92 Å². The number of aromatic nitrogens is 3. The summed E-state index contributed by atoms with van der Waals surface area (Å²) in [5.41, 5.74) is 0.769. The average molecular weight is 277 g/mol. The fourth-order valence-electron chi connectivity index (χ4n) is 1.73. The molecule has 0 radical (unpaired) electrons. The van der Waals surface area contributed by atoms with Crippen molar-refractivity contribution in [1.29, 1.82) is 0 Å². The van der Waals surface area contributed by atoms with Crippen LogP contribution in [0.3, 0.4) is 0 Å². The minimum Gasteiger partial charge on any atom is -0.479 e. The standard InChI is InChI=1S/C12H15N5O3/c1-13-6-9-3-4-11(10(5-9)17(18)19)20-7-12-14-8-15-16(12)2/h3-5,8,13H,6-7H2,1-2H3. The van der Waals surface area contributed by atoms with E-state index in [-0.39, 0.29) is 18.0 Å². The van der Waals surface area contributed by atoms with Crippen molar-refractivity contribution in [2.24, 2.45) is 7.05 Å². The maximum Gasteiger partial charge on any atom is 0.311 e. The lowest BCUT2D eigenvalue weighted by molar-refractivity contribution is -0.386. The topological polar surface area (TPSA) is 95.1 Å². The lowest BCUT2D eigenvalue weighted by Gasteiger charge is -2.08. The maximum atomic E-state index is 11.1. The summed E-state index contributed by atoms with van der Waals surface area (Å²) in [7, 11) is 3.51. The molecule has 0 spiro atoms. The maximum absolute atomic E-state index is 11.1. The highest BCUT2D eigenvalue weighted by Gasteiger charge is 2.16. The smallest absolute Gasteiger partial charge is 0.311 e. The minimum absolute atomic E-state index is 0.0556. The molecule has 0 saturated heterocycles. The number of nitrogens with one attached hydrogen (secondary N) is 1. The number of hydrogen-bond acceptors (Lipinski definition) is 6. The number of hydrogen-bond donors (Lipinski definition) is 1. The van der Waals surface area contributed by atoms with Gasteiger partial charge < -0.3 is 10.1 Å². The van der Waals surface area contributed by atoms with Crippen molar-refractivity contribution in [3.63, 3.8) is 0 Å². The van der Waals surface area contributed by atoms with Crippen LogP contribution >= 0.6 is 0 Å². The van der Waals surface area contributed by atoms with Gasteiger partial charge in [-0.25, -0.2) is 4.98 Å². The van der Waals surface area contributed by atoms with E-state index in [4.69, 9.17) is 4.74 Å². The molecule has 2 aromatic rings. The fourth-order valence-corrected chi connectivity index (χ4v) is 1.73. The van der Waals surface area contributed by atoms with Crippen LogP contribution in [-0.4, -0.2) is 26.7 Å². The molecular formula is C12H15N5O3. The van der Waals surface area contributed by atoms with E-state index in [9.17, 15) is 10.1 Å². The Morgan fingerprint density at radius 1 is 1.50 bits per heavy atom. The molecule has 8 nitrogen and oxygen atoms in total. The summed E-state index contributed by atoms with van der Waals surface area (Å²) in [6.07, 6.45) is 1.41. The van der Waals surface area contributed by atoms with Gasteiger partial charge in [-0.2, -0.15) is 5.10 Å². The van der Waals surface area contributed by atoms with Crippen LogP contribution in [0.25, 0.3) is 0 Å². The monoisotopic (exact) mass is 277 g/mol. The average Bonchev–Trinajstić information content (AvgIpc) is 2.83. The van der Waals surface area contributed by atoms with Gasteiger partial charge in [-0.3, -0.25) is 14.8 Å². The van der Waals surface area contributed by atoms with Crippen LogP contribution in [-0.2, 0) is 20.2 Å². The van der Waals surface area contributed by atoms with Crippen molar-refractivity contribution in [2.75, 3.05) is 7.05 Å². The predicted molar refractivity (Wildman–Crippen MR) is 71.2 cm³/mol. The molecule has 1 aromatic carbocycles. The summed E-state index contributed by atoms with van der Waals surface area (Å²) >= 11 is 0. The van der Waals surface area contributed by atoms with E-state index in [0.29, 0.717) is 12.4 Å². The second-order valence-corrected chi connectivity index (χ2v) is 4.18. The largest absolute Gasteiger partial charge is 0.479 e. The molecule has 0 atom stereocenters. The molecule has 1 N–H and O–H groups in total. The zero-order valence-electron chi connectivity index (χ0n) is 11.2. The van der Waals surface area contributed by atoms with E-state index >= 15 is 0 Å². The minimum atomic E-state index is -0.453. The Balaban J connectivity index is 2.18. The van der Waals surface area contributed by atoms with Gasteiger partial charge in [-0.1, -0.05) is 6.07 Å². The van der Waals surface area contributed by atoms with E-state index in [1.165, 1.54) is 12.4 Å². The summed E-state index contributed by atoms with van der Waals surface area (Å²) < 4.78 is 7.03. The Kier molecular flexibility index (Phi) is 4.26. The molecule has 0 aliphatic heterocycles. The molecule has 20 heavy (non-hydrogen) atoms. The van der Waals surface area contributed by atoms with Crippen LogP contribution < -0.4 is 10.1 Å². The van der Waals surface area contributed by atoms with Crippen molar-refractivity contribution < 1.29 is 9.66 Å². The Morgan fingerprint density at radius 2 is 2.30 bits per heavy atom. The quantitative estimate of drug-likeness (QED) is 0.625. The molecule has 0 aliphatic carbocycles. The second kappa shape index (κ2) is 6.11. The first kappa shape index (κ1) is 13.9. The van der Waals surface area contributed by atoms with Crippen molar-refractivity contribution in [3.05, 3.63) is 46.0 Å². The van der Waals surface area contributed by atoms with Crippen LogP contribution in [0.5, 0.6) is 5.75 Å². The third-order valence-electron chi connectivity index (χ3n) is 2.76. The van der Waals surface area contributed by atoms with Crippen LogP contribution in [0.1, 0.15) is 11.4 Å². The number of ether oxygens (including phenoxy) is 1. The van der Waals surface area contributed by atoms with E-state index in [1.807, 2.05) is 0 Å². The molecular weight excluding hydrogens is 262 g/mol. The Labute approximate surface area is 115 Å². The number of aryl methyl sites for hydroxylation is 1. The van der Waals surface area contributed by atoms with E-state index in [2.05, 4.69) is 15.4 Å². The highest BCUT2D eigenvalue weighted by molar-refractivity contribution is 5.48. The predicted octanol–water partition coefficient (Wildman–Crippen LogP) is 1.02. The number of nitro groups is 1. The van der Waals surface area contributed by atoms with Crippen molar-refractivity contribution in [2.45, 2.75) is 13.2 Å². The zero-order valence-corrected chi connectivity index (χ0v) is 11.2. The van der Waals surface area contributed by atoms with Gasteiger partial charge in [0.05, 0.1) is 4.92 Å². The molecule has 0 unspecified atom stereocenters. The molecule has 1 aromatic heterocycles. The van der Waals surface area contributed by atoms with Gasteiger partial charge in [0.1, 0.15) is 12.9 Å². The normalized spacial score (nSPS) is 10.5. The molecule has 0 fully saturated rings. The lowest BCUT2D eigenvalue weighted by atomic mass is 10.2. The fraction of sp³-hybridized carbons (Fsp3) is 0.333. The van der Waals surface area contributed by atoms with E-state index in [1.54, 1.807) is 30.9 Å². The summed E-state index contributed by atoms with van der Waals surface area (Å²) in [6.45, 7) is 0.688. The van der Waals surface area contributed by atoms with Gasteiger partial charge in [-0.05, 0) is 18.7 Å². The Bertz CT molecular complexity index is 611. The Morgan fingerprint density at radius 3 is 2.90 bits per heavy atom. The lowest BCUT2D eigenvalue weighted by Crippen LogP contribution is -2.07. The van der Waals surface area contributed by atoms with Gasteiger partial charge >= 0.3 is 5.69 Å². The highest BCUT2D eigenvalue weighted by atomic mass is 16.6. The third-order valence-corrected chi connectivity index (χ3v) is 2.76. The third kappa shape index (κ3) is 3.09. The van der Waals surface area contributed by atoms with Gasteiger partial charge in [0, 0.05) is 19.7 Å². The summed E-state index contributed by atoms with van der Waals surface area (Å²) in [5, 5.41) is 17.9. The molecule has 8 heteroatoms. The van der Waals surface area contributed by atoms with Gasteiger partial charge in [0.15, 0.2) is 11.6 Å². The van der Waals surface area contributed by atoms with Crippen molar-refractivity contribution >= 4 is 5.69 Å². The first-order valence-corrected chi connectivity index (χ1v) is 5.99. The first-order valence-electron chi connectivity index (χ1n) is 5.99. The molecule has 0 amide bonds. The Hall–Kier alpha value is -2.48. The molecule has 0 saturated carbocycles. The van der Waals surface area contributed by atoms with E-state index in [0.717, 1.165) is 5.56 Å². The van der Waals surface area contributed by atoms with Crippen LogP contribution in [0.4, 0.5) is 5.69 Å². The van der Waals surface area contributed by atoms with Crippen LogP contribution in [0.2, 0.25) is 0 Å². The van der Waals surface area contributed by atoms with Gasteiger partial charge in [0.2, 0.25) is 0 Å². The molecule has 106 valence electrons. The second-order valence-electron chi connectivity index (χ2n) is 4.18. The van der Waals surface area contributed by atoms with Crippen molar-refractivity contribution in [3.8, 4) is 5.75 Å². The number of benzene rings is 1. The summed E-state index contributed by atoms with van der Waals surface area (Å²) in [4.78, 5) is 14.6. The zero-order chi connectivity index (χ0) is 14.5. The first-order chi connectivity index (χ1) is 9.61. The van der Waals surface area contributed by atoms with Crippen molar-refractivity contribution in [1.82, 2.24) is 20.1 Å². The van der Waals surface area contributed by atoms with Crippen LogP contribution in [0.15, 0.2) is 24.5 Å². The molecule has 1 heterocycles. The van der Waals surface area contributed by atoms with Gasteiger partial charge in [0.25, 0.3) is 0 Å². The van der Waals surface area contributed by atoms with Crippen LogP contribution in [0, 0.1) is 10.1 Å². The number of nitrogens with zero attached hydrogens (tertiary/aromatic N) is 4. The summed E-state index contributed by atoms with van der Waals surface area (Å²) in [5.74, 6) is 0.816. The molecule has 0 bridgehead atoms. The molecule has 2 rings (SSSR count). The van der Waals surface area contributed by atoms with Gasteiger partial charge in [-0.15, -0.1) is 0 Å². The molecule has 0 aliphatic rings. The number of rotatable bonds is 6. The highest BCUT2D eigenvalue weighted by Crippen LogP contribution is 2.28.